The van der Waals surface area contributed by atoms with Crippen LogP contribution in [0.5, 0.6) is 0 Å². The van der Waals surface area contributed by atoms with Crippen molar-refractivity contribution in [2.75, 3.05) is 18.5 Å². The standard InChI is InChI=1S/C14H21NO2/c1-5-17-13(16)11-6-8-12(9-7-11)15-10-14(2,3)4/h6-9,15H,5,10H2,1-4H3. The third-order valence-electron chi connectivity index (χ3n) is 2.22. The second-order valence-electron chi connectivity index (χ2n) is 5.21. The zero-order valence-corrected chi connectivity index (χ0v) is 11.0. The highest BCUT2D eigenvalue weighted by Gasteiger charge is 2.10. The van der Waals surface area contributed by atoms with E-state index in [1.807, 2.05) is 12.1 Å². The van der Waals surface area contributed by atoms with Crippen molar-refractivity contribution in [2.24, 2.45) is 5.41 Å². The Kier molecular flexibility index (Phi) is 4.55. The van der Waals surface area contributed by atoms with Gasteiger partial charge in [0.05, 0.1) is 12.2 Å². The third-order valence-corrected chi connectivity index (χ3v) is 2.22. The second-order valence-corrected chi connectivity index (χ2v) is 5.21. The molecule has 0 fully saturated rings. The summed E-state index contributed by atoms with van der Waals surface area (Å²) in [6.45, 7) is 9.62. The largest absolute Gasteiger partial charge is 0.462 e. The zero-order valence-electron chi connectivity index (χ0n) is 11.0. The fourth-order valence-corrected chi connectivity index (χ4v) is 1.31. The molecule has 1 aromatic carbocycles. The van der Waals surface area contributed by atoms with E-state index in [4.69, 9.17) is 4.74 Å². The van der Waals surface area contributed by atoms with Gasteiger partial charge in [-0.15, -0.1) is 0 Å². The minimum absolute atomic E-state index is 0.236. The van der Waals surface area contributed by atoms with Crippen LogP contribution in [-0.4, -0.2) is 19.1 Å². The molecule has 17 heavy (non-hydrogen) atoms. The van der Waals surface area contributed by atoms with Crippen LogP contribution in [0, 0.1) is 5.41 Å². The SMILES string of the molecule is CCOC(=O)c1ccc(NCC(C)(C)C)cc1. The summed E-state index contributed by atoms with van der Waals surface area (Å²) in [6, 6.07) is 7.36. The van der Waals surface area contributed by atoms with E-state index in [1.54, 1.807) is 19.1 Å². The van der Waals surface area contributed by atoms with Crippen molar-refractivity contribution in [1.29, 1.82) is 0 Å². The fraction of sp³-hybridized carbons (Fsp3) is 0.500. The number of esters is 1. The van der Waals surface area contributed by atoms with Gasteiger partial charge in [0, 0.05) is 12.2 Å². The number of hydrogen-bond donors (Lipinski definition) is 1. The first kappa shape index (κ1) is 13.6. The van der Waals surface area contributed by atoms with Crippen LogP contribution in [0.4, 0.5) is 5.69 Å². The molecule has 0 unspecified atom stereocenters. The minimum atomic E-state index is -0.269. The van der Waals surface area contributed by atoms with Gasteiger partial charge in [-0.25, -0.2) is 4.79 Å². The van der Waals surface area contributed by atoms with Gasteiger partial charge in [0.2, 0.25) is 0 Å². The number of carbonyl (C=O) groups is 1. The van der Waals surface area contributed by atoms with Crippen LogP contribution in [0.2, 0.25) is 0 Å². The molecular weight excluding hydrogens is 214 g/mol. The number of benzene rings is 1. The summed E-state index contributed by atoms with van der Waals surface area (Å²) >= 11 is 0. The highest BCUT2D eigenvalue weighted by molar-refractivity contribution is 5.89. The van der Waals surface area contributed by atoms with Crippen LogP contribution in [0.3, 0.4) is 0 Å². The molecule has 1 aromatic rings. The van der Waals surface area contributed by atoms with E-state index >= 15 is 0 Å². The molecule has 0 aliphatic carbocycles. The van der Waals surface area contributed by atoms with Crippen molar-refractivity contribution in [1.82, 2.24) is 0 Å². The Morgan fingerprint density at radius 3 is 2.29 bits per heavy atom. The molecule has 0 saturated carbocycles. The monoisotopic (exact) mass is 235 g/mol. The Bertz CT molecular complexity index is 363. The molecule has 0 amide bonds. The quantitative estimate of drug-likeness (QED) is 0.814. The number of nitrogens with one attached hydrogen (secondary N) is 1. The van der Waals surface area contributed by atoms with E-state index in [9.17, 15) is 4.79 Å². The van der Waals surface area contributed by atoms with Crippen molar-refractivity contribution in [2.45, 2.75) is 27.7 Å². The number of carbonyl (C=O) groups excluding carboxylic acids is 1. The molecule has 0 aliphatic rings. The molecular formula is C14H21NO2. The molecule has 1 rings (SSSR count). The van der Waals surface area contributed by atoms with Crippen molar-refractivity contribution < 1.29 is 9.53 Å². The summed E-state index contributed by atoms with van der Waals surface area (Å²) in [4.78, 5) is 11.4. The first-order chi connectivity index (χ1) is 7.92. The fourth-order valence-electron chi connectivity index (χ4n) is 1.31. The first-order valence-electron chi connectivity index (χ1n) is 5.93. The van der Waals surface area contributed by atoms with Gasteiger partial charge in [-0.1, -0.05) is 20.8 Å². The number of ether oxygens (including phenoxy) is 1. The van der Waals surface area contributed by atoms with Gasteiger partial charge in [0.15, 0.2) is 0 Å². The maximum absolute atomic E-state index is 11.4. The zero-order chi connectivity index (χ0) is 12.9. The van der Waals surface area contributed by atoms with E-state index < -0.39 is 0 Å². The lowest BCUT2D eigenvalue weighted by Gasteiger charge is -2.19. The average Bonchev–Trinajstić information content (AvgIpc) is 2.26. The smallest absolute Gasteiger partial charge is 0.338 e. The maximum Gasteiger partial charge on any atom is 0.338 e. The lowest BCUT2D eigenvalue weighted by molar-refractivity contribution is 0.0526. The molecule has 0 heterocycles. The van der Waals surface area contributed by atoms with Crippen LogP contribution in [0.1, 0.15) is 38.1 Å². The molecule has 0 saturated heterocycles. The van der Waals surface area contributed by atoms with Crippen LogP contribution in [-0.2, 0) is 4.74 Å². The van der Waals surface area contributed by atoms with Gasteiger partial charge in [-0.2, -0.15) is 0 Å². The molecule has 0 aliphatic heterocycles. The summed E-state index contributed by atoms with van der Waals surface area (Å²) in [6.07, 6.45) is 0. The molecule has 3 nitrogen and oxygen atoms in total. The van der Waals surface area contributed by atoms with Crippen LogP contribution in [0.25, 0.3) is 0 Å². The normalized spacial score (nSPS) is 11.1. The topological polar surface area (TPSA) is 38.3 Å². The third kappa shape index (κ3) is 4.89. The minimum Gasteiger partial charge on any atom is -0.462 e. The van der Waals surface area contributed by atoms with E-state index in [2.05, 4.69) is 26.1 Å². The van der Waals surface area contributed by atoms with Gasteiger partial charge < -0.3 is 10.1 Å². The predicted octanol–water partition coefficient (Wildman–Crippen LogP) is 3.32. The Morgan fingerprint density at radius 1 is 1.24 bits per heavy atom. The van der Waals surface area contributed by atoms with Gasteiger partial charge in [-0.3, -0.25) is 0 Å². The number of hydrogen-bond acceptors (Lipinski definition) is 3. The second kappa shape index (κ2) is 5.71. The summed E-state index contributed by atoms with van der Waals surface area (Å²) in [7, 11) is 0. The van der Waals surface area contributed by atoms with E-state index in [0.717, 1.165) is 12.2 Å². The predicted molar refractivity (Wildman–Crippen MR) is 70.3 cm³/mol. The Labute approximate surface area is 103 Å². The van der Waals surface area contributed by atoms with Crippen molar-refractivity contribution in [3.8, 4) is 0 Å². The van der Waals surface area contributed by atoms with Crippen LogP contribution < -0.4 is 5.32 Å². The van der Waals surface area contributed by atoms with E-state index in [-0.39, 0.29) is 11.4 Å². The lowest BCUT2D eigenvalue weighted by Crippen LogP contribution is -2.19. The van der Waals surface area contributed by atoms with Crippen LogP contribution >= 0.6 is 0 Å². The Hall–Kier alpha value is -1.51. The van der Waals surface area contributed by atoms with E-state index in [1.165, 1.54) is 0 Å². The summed E-state index contributed by atoms with van der Waals surface area (Å²) in [5.74, 6) is -0.269. The molecule has 3 heteroatoms. The summed E-state index contributed by atoms with van der Waals surface area (Å²) < 4.78 is 4.92. The molecule has 0 spiro atoms. The van der Waals surface area contributed by atoms with Gasteiger partial charge in [-0.05, 0) is 36.6 Å². The first-order valence-corrected chi connectivity index (χ1v) is 5.93. The Balaban J connectivity index is 2.59. The highest BCUT2D eigenvalue weighted by atomic mass is 16.5. The molecule has 94 valence electrons. The van der Waals surface area contributed by atoms with Gasteiger partial charge >= 0.3 is 5.97 Å². The van der Waals surface area contributed by atoms with Crippen molar-refractivity contribution in [3.63, 3.8) is 0 Å². The average molecular weight is 235 g/mol. The summed E-state index contributed by atoms with van der Waals surface area (Å²) in [5.41, 5.74) is 1.85. The van der Waals surface area contributed by atoms with Gasteiger partial charge in [0.25, 0.3) is 0 Å². The van der Waals surface area contributed by atoms with Crippen molar-refractivity contribution >= 4 is 11.7 Å². The number of anilines is 1. The Morgan fingerprint density at radius 2 is 1.82 bits per heavy atom. The maximum atomic E-state index is 11.4. The highest BCUT2D eigenvalue weighted by Crippen LogP contribution is 2.16. The van der Waals surface area contributed by atoms with Crippen LogP contribution in [0.15, 0.2) is 24.3 Å². The van der Waals surface area contributed by atoms with Crippen molar-refractivity contribution in [3.05, 3.63) is 29.8 Å². The number of rotatable bonds is 4. The molecule has 0 radical (unpaired) electrons. The molecule has 0 bridgehead atoms. The van der Waals surface area contributed by atoms with E-state index in [0.29, 0.717) is 12.2 Å². The summed E-state index contributed by atoms with van der Waals surface area (Å²) in [5, 5.41) is 3.33. The molecule has 1 N–H and O–H groups in total. The lowest BCUT2D eigenvalue weighted by atomic mass is 9.97. The molecule has 0 aromatic heterocycles. The van der Waals surface area contributed by atoms with Gasteiger partial charge in [0.1, 0.15) is 0 Å². The molecule has 0 atom stereocenters.